The second-order valence-electron chi connectivity index (χ2n) is 7.76. The van der Waals surface area contributed by atoms with Crippen molar-refractivity contribution in [3.8, 4) is 0 Å². The third kappa shape index (κ3) is 3.36. The maximum atomic E-state index is 13.2. The largest absolute Gasteiger partial charge is 0.305 e. The van der Waals surface area contributed by atoms with Gasteiger partial charge >= 0.3 is 0 Å². The van der Waals surface area contributed by atoms with E-state index < -0.39 is 0 Å². The van der Waals surface area contributed by atoms with E-state index in [1.54, 1.807) is 35.2 Å². The van der Waals surface area contributed by atoms with Gasteiger partial charge in [0.2, 0.25) is 11.8 Å². The number of benzene rings is 2. The molecule has 0 spiro atoms. The van der Waals surface area contributed by atoms with Crippen LogP contribution in [0.4, 0.5) is 11.4 Å². The van der Waals surface area contributed by atoms with E-state index in [-0.39, 0.29) is 35.5 Å². The minimum absolute atomic E-state index is 0.0242. The van der Waals surface area contributed by atoms with Crippen LogP contribution in [-0.2, 0) is 9.59 Å². The summed E-state index contributed by atoms with van der Waals surface area (Å²) >= 11 is 0. The predicted molar refractivity (Wildman–Crippen MR) is 117 cm³/mol. The molecule has 3 atom stereocenters. The van der Waals surface area contributed by atoms with Gasteiger partial charge in [0.05, 0.1) is 17.5 Å². The monoisotopic (exact) mass is 400 g/mol. The van der Waals surface area contributed by atoms with Gasteiger partial charge in [-0.2, -0.15) is 0 Å². The minimum atomic E-state index is -0.330. The van der Waals surface area contributed by atoms with Crippen LogP contribution in [0.1, 0.15) is 23.7 Å². The quantitative estimate of drug-likeness (QED) is 0.558. The molecule has 1 aliphatic heterocycles. The number of hydrogen-bond donors (Lipinski definition) is 0. The van der Waals surface area contributed by atoms with E-state index in [9.17, 15) is 14.4 Å². The molecule has 2 aromatic rings. The highest BCUT2D eigenvalue weighted by Gasteiger charge is 2.50. The van der Waals surface area contributed by atoms with E-state index >= 15 is 0 Å². The number of rotatable bonds is 5. The molecule has 152 valence electrons. The molecular weight excluding hydrogens is 376 g/mol. The third-order valence-corrected chi connectivity index (χ3v) is 5.85. The summed E-state index contributed by atoms with van der Waals surface area (Å²) in [4.78, 5) is 42.2. The summed E-state index contributed by atoms with van der Waals surface area (Å²) in [5.74, 6) is -1.21. The fraction of sp³-hybridized carbons (Fsp3) is 0.240. The first-order valence-electron chi connectivity index (χ1n) is 10.1. The molecule has 0 radical (unpaired) electrons. The van der Waals surface area contributed by atoms with Crippen LogP contribution in [0.25, 0.3) is 0 Å². The SMILES string of the molecule is C=CCN(C(=O)c1cccc(N2C(=O)[C@H]3[C@@H](C)C=CC[C@H]3C2=O)c1)c1ccccc1. The zero-order valence-corrected chi connectivity index (χ0v) is 16.9. The zero-order chi connectivity index (χ0) is 21.3. The van der Waals surface area contributed by atoms with Crippen molar-refractivity contribution in [3.05, 3.63) is 85.0 Å². The van der Waals surface area contributed by atoms with Gasteiger partial charge in [-0.3, -0.25) is 19.3 Å². The van der Waals surface area contributed by atoms with E-state index in [0.29, 0.717) is 24.2 Å². The highest BCUT2D eigenvalue weighted by Crippen LogP contribution is 2.40. The third-order valence-electron chi connectivity index (χ3n) is 5.85. The van der Waals surface area contributed by atoms with Gasteiger partial charge in [-0.1, -0.05) is 49.4 Å². The summed E-state index contributed by atoms with van der Waals surface area (Å²) in [6.45, 7) is 6.07. The lowest BCUT2D eigenvalue weighted by atomic mass is 9.78. The van der Waals surface area contributed by atoms with Crippen LogP contribution in [0.3, 0.4) is 0 Å². The van der Waals surface area contributed by atoms with Gasteiger partial charge in [-0.25, -0.2) is 0 Å². The first-order chi connectivity index (χ1) is 14.5. The van der Waals surface area contributed by atoms with E-state index in [0.717, 1.165) is 5.69 Å². The van der Waals surface area contributed by atoms with E-state index in [1.807, 2.05) is 49.4 Å². The summed E-state index contributed by atoms with van der Waals surface area (Å²) in [6.07, 6.45) is 6.23. The summed E-state index contributed by atoms with van der Waals surface area (Å²) < 4.78 is 0. The van der Waals surface area contributed by atoms with Crippen LogP contribution in [-0.4, -0.2) is 24.3 Å². The molecule has 3 amide bonds. The van der Waals surface area contributed by atoms with Crippen LogP contribution >= 0.6 is 0 Å². The Morgan fingerprint density at radius 3 is 2.60 bits per heavy atom. The molecule has 0 N–H and O–H groups in total. The summed E-state index contributed by atoms with van der Waals surface area (Å²) in [5, 5.41) is 0. The average molecular weight is 400 g/mol. The molecule has 0 unspecified atom stereocenters. The molecule has 5 heteroatoms. The summed E-state index contributed by atoms with van der Waals surface area (Å²) in [5.41, 5.74) is 1.62. The maximum absolute atomic E-state index is 13.2. The van der Waals surface area contributed by atoms with Crippen LogP contribution in [0.5, 0.6) is 0 Å². The van der Waals surface area contributed by atoms with Crippen LogP contribution in [0.2, 0.25) is 0 Å². The molecule has 2 aromatic carbocycles. The van der Waals surface area contributed by atoms with E-state index in [2.05, 4.69) is 6.58 Å². The molecule has 1 fully saturated rings. The fourth-order valence-electron chi connectivity index (χ4n) is 4.38. The van der Waals surface area contributed by atoms with Crippen molar-refractivity contribution in [2.45, 2.75) is 13.3 Å². The highest BCUT2D eigenvalue weighted by molar-refractivity contribution is 6.22. The van der Waals surface area contributed by atoms with Gasteiger partial charge < -0.3 is 4.90 Å². The normalized spacial score (nSPS) is 22.7. The lowest BCUT2D eigenvalue weighted by Crippen LogP contribution is -2.33. The number of carbonyl (C=O) groups excluding carboxylic acids is 3. The Hall–Kier alpha value is -3.47. The van der Waals surface area contributed by atoms with Crippen molar-refractivity contribution >= 4 is 29.1 Å². The lowest BCUT2D eigenvalue weighted by Gasteiger charge is -2.23. The molecule has 0 saturated carbocycles. The smallest absolute Gasteiger partial charge is 0.258 e. The van der Waals surface area contributed by atoms with Crippen molar-refractivity contribution in [1.82, 2.24) is 0 Å². The number of anilines is 2. The van der Waals surface area contributed by atoms with Crippen molar-refractivity contribution in [3.63, 3.8) is 0 Å². The van der Waals surface area contributed by atoms with Crippen molar-refractivity contribution < 1.29 is 14.4 Å². The molecule has 5 nitrogen and oxygen atoms in total. The number of para-hydroxylation sites is 1. The van der Waals surface area contributed by atoms with Crippen molar-refractivity contribution in [1.29, 1.82) is 0 Å². The first kappa shape index (κ1) is 19.8. The molecular formula is C25H24N2O3. The molecule has 30 heavy (non-hydrogen) atoms. The Bertz CT molecular complexity index is 1030. The Morgan fingerprint density at radius 1 is 1.13 bits per heavy atom. The molecule has 4 rings (SSSR count). The number of imide groups is 1. The summed E-state index contributed by atoms with van der Waals surface area (Å²) in [6, 6.07) is 16.1. The average Bonchev–Trinajstić information content (AvgIpc) is 3.03. The number of carbonyl (C=O) groups is 3. The Labute approximate surface area is 176 Å². The molecule has 1 aliphatic carbocycles. The fourth-order valence-corrected chi connectivity index (χ4v) is 4.38. The standard InChI is InChI=1S/C25H24N2O3/c1-3-15-26(19-11-5-4-6-12-19)23(28)18-10-8-13-20(16-18)27-24(29)21-14-7-9-17(2)22(21)25(27)30/h3-13,16-17,21-22H,1,14-15H2,2H3/t17-,21+,22-/m0/s1. The van der Waals surface area contributed by atoms with Gasteiger partial charge in [-0.05, 0) is 42.7 Å². The van der Waals surface area contributed by atoms with Gasteiger partial charge in [-0.15, -0.1) is 6.58 Å². The van der Waals surface area contributed by atoms with Gasteiger partial charge in [0, 0.05) is 17.8 Å². The number of amides is 3. The Morgan fingerprint density at radius 2 is 1.90 bits per heavy atom. The van der Waals surface area contributed by atoms with Crippen LogP contribution < -0.4 is 9.80 Å². The Balaban J connectivity index is 1.66. The van der Waals surface area contributed by atoms with Crippen LogP contribution in [0, 0.1) is 17.8 Å². The van der Waals surface area contributed by atoms with Gasteiger partial charge in [0.15, 0.2) is 0 Å². The number of allylic oxidation sites excluding steroid dienone is 2. The molecule has 1 saturated heterocycles. The number of fused-ring (bicyclic) bond motifs is 1. The maximum Gasteiger partial charge on any atom is 0.258 e. The van der Waals surface area contributed by atoms with Gasteiger partial charge in [0.1, 0.15) is 0 Å². The summed E-state index contributed by atoms with van der Waals surface area (Å²) in [7, 11) is 0. The Kier molecular flexibility index (Phi) is 5.36. The predicted octanol–water partition coefficient (Wildman–Crippen LogP) is 4.22. The second kappa shape index (κ2) is 8.11. The lowest BCUT2D eigenvalue weighted by molar-refractivity contribution is -0.122. The molecule has 2 aliphatic rings. The second-order valence-corrected chi connectivity index (χ2v) is 7.76. The number of nitrogens with zero attached hydrogens (tertiary/aromatic N) is 2. The number of hydrogen-bond acceptors (Lipinski definition) is 3. The first-order valence-corrected chi connectivity index (χ1v) is 10.1. The molecule has 0 aromatic heterocycles. The van der Waals surface area contributed by atoms with Gasteiger partial charge in [0.25, 0.3) is 5.91 Å². The zero-order valence-electron chi connectivity index (χ0n) is 16.9. The highest BCUT2D eigenvalue weighted by atomic mass is 16.2. The van der Waals surface area contributed by atoms with E-state index in [4.69, 9.17) is 0 Å². The minimum Gasteiger partial charge on any atom is -0.305 e. The van der Waals surface area contributed by atoms with Crippen molar-refractivity contribution in [2.75, 3.05) is 16.3 Å². The van der Waals surface area contributed by atoms with Crippen molar-refractivity contribution in [2.24, 2.45) is 17.8 Å². The van der Waals surface area contributed by atoms with Crippen LogP contribution in [0.15, 0.2) is 79.4 Å². The topological polar surface area (TPSA) is 57.7 Å². The molecule has 1 heterocycles. The molecule has 0 bridgehead atoms. The van der Waals surface area contributed by atoms with E-state index in [1.165, 1.54) is 4.90 Å².